The van der Waals surface area contributed by atoms with Crippen molar-refractivity contribution >= 4 is 23.3 Å². The summed E-state index contributed by atoms with van der Waals surface area (Å²) in [4.78, 5) is 29.7. The molecule has 0 aliphatic carbocycles. The molecular weight excluding hydrogens is 392 g/mol. The van der Waals surface area contributed by atoms with Gasteiger partial charge in [-0.3, -0.25) is 4.79 Å². The third-order valence-corrected chi connectivity index (χ3v) is 5.35. The van der Waals surface area contributed by atoms with Crippen LogP contribution in [0.3, 0.4) is 0 Å². The monoisotopic (exact) mass is 424 g/mol. The van der Waals surface area contributed by atoms with Crippen LogP contribution in [0, 0.1) is 5.92 Å². The number of nitrogens with one attached hydrogen (secondary N) is 2. The van der Waals surface area contributed by atoms with Crippen LogP contribution in [-0.4, -0.2) is 55.7 Å². The molecule has 0 saturated carbocycles. The molecule has 7 heteroatoms. The summed E-state index contributed by atoms with van der Waals surface area (Å²) in [6.07, 6.45) is 0. The molecule has 7 nitrogen and oxygen atoms in total. The van der Waals surface area contributed by atoms with Gasteiger partial charge < -0.3 is 25.2 Å². The smallest absolute Gasteiger partial charge is 0.319 e. The zero-order valence-corrected chi connectivity index (χ0v) is 18.5. The average molecular weight is 425 g/mol. The normalized spacial score (nSPS) is 14.8. The van der Waals surface area contributed by atoms with Crippen LogP contribution < -0.4 is 20.3 Å². The summed E-state index contributed by atoms with van der Waals surface area (Å²) in [5.41, 5.74) is 1.74. The van der Waals surface area contributed by atoms with Crippen molar-refractivity contribution in [1.29, 1.82) is 0 Å². The highest BCUT2D eigenvalue weighted by atomic mass is 16.5. The van der Waals surface area contributed by atoms with E-state index in [1.54, 1.807) is 0 Å². The second kappa shape index (κ2) is 10.7. The Bertz CT molecular complexity index is 864. The zero-order valence-electron chi connectivity index (χ0n) is 18.5. The Balaban J connectivity index is 1.59. The second-order valence-electron chi connectivity index (χ2n) is 7.90. The second-order valence-corrected chi connectivity index (χ2v) is 7.90. The lowest BCUT2D eigenvalue weighted by atomic mass is 10.0. The van der Waals surface area contributed by atoms with Crippen molar-refractivity contribution in [3.8, 4) is 5.75 Å². The van der Waals surface area contributed by atoms with Gasteiger partial charge in [-0.1, -0.05) is 44.2 Å². The number of rotatable bonds is 7. The minimum absolute atomic E-state index is 0.0225. The Morgan fingerprint density at radius 3 is 2.26 bits per heavy atom. The summed E-state index contributed by atoms with van der Waals surface area (Å²) in [5, 5.41) is 5.64. The van der Waals surface area contributed by atoms with Gasteiger partial charge in [0.15, 0.2) is 0 Å². The lowest BCUT2D eigenvalue weighted by molar-refractivity contribution is -0.134. The van der Waals surface area contributed by atoms with E-state index in [2.05, 4.69) is 21.6 Å². The summed E-state index contributed by atoms with van der Waals surface area (Å²) in [5.74, 6) is 0.797. The van der Waals surface area contributed by atoms with Crippen molar-refractivity contribution in [3.63, 3.8) is 0 Å². The lowest BCUT2D eigenvalue weighted by Gasteiger charge is -2.38. The fourth-order valence-corrected chi connectivity index (χ4v) is 3.70. The highest BCUT2D eigenvalue weighted by Crippen LogP contribution is 2.29. The van der Waals surface area contributed by atoms with Gasteiger partial charge in [0.05, 0.1) is 12.3 Å². The van der Waals surface area contributed by atoms with Crippen molar-refractivity contribution in [2.24, 2.45) is 5.92 Å². The first-order chi connectivity index (χ1) is 15.0. The van der Waals surface area contributed by atoms with E-state index in [0.717, 1.165) is 24.5 Å². The number of urea groups is 1. The highest BCUT2D eigenvalue weighted by Gasteiger charge is 2.31. The molecule has 31 heavy (non-hydrogen) atoms. The summed E-state index contributed by atoms with van der Waals surface area (Å²) >= 11 is 0. The van der Waals surface area contributed by atoms with Crippen LogP contribution in [0.2, 0.25) is 0 Å². The molecule has 1 heterocycles. The van der Waals surface area contributed by atoms with Crippen LogP contribution in [0.15, 0.2) is 54.6 Å². The summed E-state index contributed by atoms with van der Waals surface area (Å²) in [6, 6.07) is 16.2. The van der Waals surface area contributed by atoms with Gasteiger partial charge in [-0.15, -0.1) is 0 Å². The quantitative estimate of drug-likeness (QED) is 0.713. The van der Waals surface area contributed by atoms with Crippen molar-refractivity contribution in [2.45, 2.75) is 26.8 Å². The number of carbonyl (C=O) groups is 2. The van der Waals surface area contributed by atoms with Crippen molar-refractivity contribution in [2.75, 3.05) is 43.0 Å². The van der Waals surface area contributed by atoms with E-state index in [1.807, 2.05) is 74.2 Å². The minimum atomic E-state index is -0.578. The number of ether oxygens (including phenoxy) is 1. The molecule has 0 spiro atoms. The zero-order chi connectivity index (χ0) is 22.2. The molecule has 1 saturated heterocycles. The third-order valence-electron chi connectivity index (χ3n) is 5.35. The summed E-state index contributed by atoms with van der Waals surface area (Å²) in [7, 11) is 0. The van der Waals surface area contributed by atoms with Gasteiger partial charge >= 0.3 is 6.03 Å². The Hall–Kier alpha value is -3.22. The van der Waals surface area contributed by atoms with Crippen molar-refractivity contribution in [1.82, 2.24) is 10.2 Å². The van der Waals surface area contributed by atoms with E-state index in [9.17, 15) is 9.59 Å². The molecule has 0 unspecified atom stereocenters. The molecule has 0 bridgehead atoms. The van der Waals surface area contributed by atoms with Crippen molar-refractivity contribution in [3.05, 3.63) is 54.6 Å². The molecule has 0 aromatic heterocycles. The largest absolute Gasteiger partial charge is 0.492 e. The number of anilines is 2. The van der Waals surface area contributed by atoms with Gasteiger partial charge in [0.25, 0.3) is 0 Å². The Morgan fingerprint density at radius 2 is 1.61 bits per heavy atom. The first-order valence-corrected chi connectivity index (χ1v) is 10.9. The Labute approximate surface area is 184 Å². The van der Waals surface area contributed by atoms with Gasteiger partial charge in [-0.2, -0.15) is 0 Å². The van der Waals surface area contributed by atoms with Gasteiger partial charge in [-0.25, -0.2) is 4.79 Å². The third kappa shape index (κ3) is 5.90. The number of hydrogen-bond donors (Lipinski definition) is 2. The van der Waals surface area contributed by atoms with Gasteiger partial charge in [-0.05, 0) is 37.1 Å². The number of nitrogens with zero attached hydrogens (tertiary/aromatic N) is 2. The predicted octanol–water partition coefficient (Wildman–Crippen LogP) is 3.58. The van der Waals surface area contributed by atoms with Crippen LogP contribution in [0.1, 0.15) is 20.8 Å². The van der Waals surface area contributed by atoms with Gasteiger partial charge in [0.1, 0.15) is 11.8 Å². The summed E-state index contributed by atoms with van der Waals surface area (Å²) in [6.45, 7) is 9.12. The number of para-hydroxylation sites is 3. The number of piperazine rings is 1. The maximum atomic E-state index is 13.2. The highest BCUT2D eigenvalue weighted by molar-refractivity contribution is 5.93. The fraction of sp³-hybridized carbons (Fsp3) is 0.417. The average Bonchev–Trinajstić information content (AvgIpc) is 2.78. The molecule has 3 amide bonds. The van der Waals surface area contributed by atoms with E-state index in [-0.39, 0.29) is 17.9 Å². The topological polar surface area (TPSA) is 73.9 Å². The standard InChI is InChI=1S/C24H32N4O3/c1-4-31-21-13-9-8-12-20(21)27-14-16-28(17-15-27)23(29)22(18(2)3)26-24(30)25-19-10-6-5-7-11-19/h5-13,18,22H,4,14-17H2,1-3H3,(H2,25,26,30)/t22-/m0/s1. The fourth-order valence-electron chi connectivity index (χ4n) is 3.70. The minimum Gasteiger partial charge on any atom is -0.492 e. The Morgan fingerprint density at radius 1 is 0.968 bits per heavy atom. The van der Waals surface area contributed by atoms with E-state index in [4.69, 9.17) is 4.74 Å². The van der Waals surface area contributed by atoms with Gasteiger partial charge in [0.2, 0.25) is 5.91 Å². The molecule has 3 rings (SSSR count). The molecule has 166 valence electrons. The van der Waals surface area contributed by atoms with E-state index < -0.39 is 6.04 Å². The molecule has 2 aromatic carbocycles. The van der Waals surface area contributed by atoms with Crippen LogP contribution in [-0.2, 0) is 4.79 Å². The molecule has 2 N–H and O–H groups in total. The van der Waals surface area contributed by atoms with Crippen LogP contribution in [0.5, 0.6) is 5.75 Å². The molecule has 1 atom stereocenters. The van der Waals surface area contributed by atoms with Crippen LogP contribution in [0.4, 0.5) is 16.2 Å². The predicted molar refractivity (Wildman–Crippen MR) is 124 cm³/mol. The van der Waals surface area contributed by atoms with Gasteiger partial charge in [0, 0.05) is 31.9 Å². The first kappa shape index (κ1) is 22.5. The maximum absolute atomic E-state index is 13.2. The van der Waals surface area contributed by atoms with Crippen molar-refractivity contribution < 1.29 is 14.3 Å². The number of benzene rings is 2. The number of carbonyl (C=O) groups excluding carboxylic acids is 2. The number of hydrogen-bond acceptors (Lipinski definition) is 4. The molecule has 1 aliphatic heterocycles. The first-order valence-electron chi connectivity index (χ1n) is 10.9. The number of amides is 3. The lowest BCUT2D eigenvalue weighted by Crippen LogP contribution is -2.57. The van der Waals surface area contributed by atoms with E-state index in [0.29, 0.717) is 25.4 Å². The molecule has 1 aliphatic rings. The SMILES string of the molecule is CCOc1ccccc1N1CCN(C(=O)[C@@H](NC(=O)Nc2ccccc2)C(C)C)CC1. The Kier molecular flexibility index (Phi) is 7.76. The van der Waals surface area contributed by atoms with E-state index >= 15 is 0 Å². The molecule has 2 aromatic rings. The maximum Gasteiger partial charge on any atom is 0.319 e. The van der Waals surface area contributed by atoms with Crippen LogP contribution in [0.25, 0.3) is 0 Å². The molecule has 0 radical (unpaired) electrons. The molecular formula is C24H32N4O3. The summed E-state index contributed by atoms with van der Waals surface area (Å²) < 4.78 is 5.75. The van der Waals surface area contributed by atoms with Crippen LogP contribution >= 0.6 is 0 Å². The molecule has 1 fully saturated rings. The van der Waals surface area contributed by atoms with E-state index in [1.165, 1.54) is 0 Å².